The molecule has 0 unspecified atom stereocenters. The Kier molecular flexibility index (Phi) is 9.15. The molecule has 6 heteroatoms. The van der Waals surface area contributed by atoms with Gasteiger partial charge in [-0.1, -0.05) is 170 Å². The number of furan rings is 2. The number of rotatable bonds is 6. The Labute approximate surface area is 449 Å². The first-order valence-corrected chi connectivity index (χ1v) is 26.7. The van der Waals surface area contributed by atoms with Crippen LogP contribution in [0.1, 0.15) is 0 Å². The monoisotopic (exact) mass is 994 g/mol. The van der Waals surface area contributed by atoms with E-state index in [0.717, 1.165) is 145 Å². The van der Waals surface area contributed by atoms with Crippen molar-refractivity contribution in [3.8, 4) is 61.7 Å². The molecule has 0 atom stereocenters. The predicted octanol–water partition coefficient (Wildman–Crippen LogP) is 17.7. The average Bonchev–Trinajstić information content (AvgIpc) is 4.32. The van der Waals surface area contributed by atoms with Crippen LogP contribution in [0.5, 0.6) is 11.5 Å². The fourth-order valence-corrected chi connectivity index (χ4v) is 12.8. The number of para-hydroxylation sites is 4. The number of nitrogens with zero attached hydrogens (tertiary/aromatic N) is 2. The minimum Gasteiger partial charge on any atom is -0.458 e. The second-order valence-corrected chi connectivity index (χ2v) is 20.8. The van der Waals surface area contributed by atoms with Gasteiger partial charge in [-0.2, -0.15) is 0 Å². The average molecular weight is 995 g/mol. The van der Waals surface area contributed by atoms with Crippen molar-refractivity contribution in [3.63, 3.8) is 0 Å². The first-order chi connectivity index (χ1) is 38.6. The van der Waals surface area contributed by atoms with Crippen LogP contribution >= 0.6 is 0 Å². The summed E-state index contributed by atoms with van der Waals surface area (Å²) in [5, 5.41) is 6.81. The molecule has 5 nitrogen and oxygen atoms in total. The molecule has 0 amide bonds. The molecule has 17 rings (SSSR count). The Morgan fingerprint density at radius 2 is 0.769 bits per heavy atom. The van der Waals surface area contributed by atoms with E-state index in [4.69, 9.17) is 13.6 Å². The first-order valence-electron chi connectivity index (χ1n) is 26.7. The molecule has 0 N–H and O–H groups in total. The zero-order valence-electron chi connectivity index (χ0n) is 42.0. The van der Waals surface area contributed by atoms with Gasteiger partial charge in [-0.05, 0) is 146 Å². The third-order valence-electron chi connectivity index (χ3n) is 16.4. The van der Waals surface area contributed by atoms with Crippen LogP contribution in [-0.2, 0) is 0 Å². The summed E-state index contributed by atoms with van der Waals surface area (Å²) in [6, 6.07) is 94.4. The molecule has 15 aromatic rings. The lowest BCUT2D eigenvalue weighted by molar-refractivity contribution is 0.487. The maximum atomic E-state index is 7.47. The minimum absolute atomic E-state index is 0.160. The smallest absolute Gasteiger partial charge is 0.256 e. The predicted molar refractivity (Wildman–Crippen MR) is 323 cm³/mol. The van der Waals surface area contributed by atoms with Gasteiger partial charge in [0.15, 0.2) is 0 Å². The van der Waals surface area contributed by atoms with Gasteiger partial charge in [0.1, 0.15) is 33.8 Å². The van der Waals surface area contributed by atoms with Crippen LogP contribution in [0.2, 0.25) is 0 Å². The zero-order chi connectivity index (χ0) is 51.0. The third-order valence-corrected chi connectivity index (χ3v) is 16.4. The van der Waals surface area contributed by atoms with Crippen molar-refractivity contribution >= 4 is 106 Å². The van der Waals surface area contributed by atoms with Crippen LogP contribution in [0.4, 0.5) is 17.1 Å². The largest absolute Gasteiger partial charge is 0.458 e. The summed E-state index contributed by atoms with van der Waals surface area (Å²) in [5.41, 5.74) is 22.4. The second-order valence-electron chi connectivity index (χ2n) is 20.8. The summed E-state index contributed by atoms with van der Waals surface area (Å²) < 4.78 is 22.5. The lowest BCUT2D eigenvalue weighted by Crippen LogP contribution is -2.59. The molecule has 3 aromatic heterocycles. The van der Waals surface area contributed by atoms with E-state index in [0.29, 0.717) is 0 Å². The summed E-state index contributed by atoms with van der Waals surface area (Å²) in [6.07, 6.45) is 0. The molecule has 2 aliphatic rings. The number of aromatic nitrogens is 1. The summed E-state index contributed by atoms with van der Waals surface area (Å²) >= 11 is 0. The third kappa shape index (κ3) is 6.50. The van der Waals surface area contributed by atoms with Gasteiger partial charge in [-0.25, -0.2) is 0 Å². The van der Waals surface area contributed by atoms with Crippen LogP contribution in [-0.4, -0.2) is 11.3 Å². The van der Waals surface area contributed by atoms with Crippen LogP contribution in [0.25, 0.3) is 116 Å². The number of anilines is 3. The molecule has 0 saturated heterocycles. The van der Waals surface area contributed by atoms with Gasteiger partial charge in [0, 0.05) is 55.4 Å². The van der Waals surface area contributed by atoms with Crippen molar-refractivity contribution in [1.29, 1.82) is 0 Å². The standard InChI is InChI=1S/C72H43BN2O3/c1-3-15-44(16-4-1)50-35-51(45-17-5-2-6-18-45)37-52(36-50)75-64-40-48(46-29-33-68-58(38-46)56-21-9-13-25-66(56)76-68)27-31-60(64)73-61-32-28-49(47-30-34-69-59(39-47)57-22-10-14-26-67(57)77-69)41-70(61)78-71-43-53(42-65(75)72(71)73)74-62-23-11-7-19-54(62)55-20-8-12-24-63(55)74/h1-43H. The second kappa shape index (κ2) is 16.6. The van der Waals surface area contributed by atoms with E-state index in [1.807, 2.05) is 24.3 Å². The Hall–Kier alpha value is -10.3. The number of hydrogen-bond acceptors (Lipinski definition) is 4. The normalized spacial score (nSPS) is 12.7. The highest BCUT2D eigenvalue weighted by Crippen LogP contribution is 2.47. The summed E-state index contributed by atoms with van der Waals surface area (Å²) in [4.78, 5) is 2.52. The van der Waals surface area contributed by atoms with Crippen molar-refractivity contribution in [2.24, 2.45) is 0 Å². The van der Waals surface area contributed by atoms with Crippen LogP contribution in [0.15, 0.2) is 270 Å². The van der Waals surface area contributed by atoms with E-state index in [1.165, 1.54) is 16.2 Å². The van der Waals surface area contributed by atoms with Crippen LogP contribution in [0.3, 0.4) is 0 Å². The summed E-state index contributed by atoms with van der Waals surface area (Å²) in [5.74, 6) is 1.67. The highest BCUT2D eigenvalue weighted by molar-refractivity contribution is 6.99. The van der Waals surface area contributed by atoms with E-state index >= 15 is 0 Å². The van der Waals surface area contributed by atoms with Gasteiger partial charge in [0.05, 0.1) is 16.7 Å². The van der Waals surface area contributed by atoms with Crippen molar-refractivity contribution in [2.45, 2.75) is 0 Å². The van der Waals surface area contributed by atoms with Gasteiger partial charge in [0.2, 0.25) is 0 Å². The summed E-state index contributed by atoms with van der Waals surface area (Å²) in [7, 11) is 0. The topological polar surface area (TPSA) is 43.7 Å². The number of hydrogen-bond donors (Lipinski definition) is 0. The van der Waals surface area contributed by atoms with Gasteiger partial charge >= 0.3 is 0 Å². The summed E-state index contributed by atoms with van der Waals surface area (Å²) in [6.45, 7) is -0.160. The van der Waals surface area contributed by atoms with Crippen LogP contribution < -0.4 is 26.0 Å². The molecular weight excluding hydrogens is 952 g/mol. The quantitative estimate of drug-likeness (QED) is 0.156. The molecule has 0 aliphatic carbocycles. The molecule has 12 aromatic carbocycles. The number of benzene rings is 12. The lowest BCUT2D eigenvalue weighted by Gasteiger charge is -2.41. The molecule has 0 bridgehead atoms. The van der Waals surface area contributed by atoms with Gasteiger partial charge < -0.3 is 23.0 Å². The molecule has 5 heterocycles. The first kappa shape index (κ1) is 43.0. The van der Waals surface area contributed by atoms with Crippen molar-refractivity contribution in [2.75, 3.05) is 4.90 Å². The molecule has 78 heavy (non-hydrogen) atoms. The van der Waals surface area contributed by atoms with Crippen molar-refractivity contribution in [1.82, 2.24) is 4.57 Å². The van der Waals surface area contributed by atoms with E-state index < -0.39 is 0 Å². The lowest BCUT2D eigenvalue weighted by atomic mass is 9.34. The van der Waals surface area contributed by atoms with Gasteiger partial charge in [0.25, 0.3) is 6.71 Å². The maximum Gasteiger partial charge on any atom is 0.256 e. The van der Waals surface area contributed by atoms with E-state index in [1.54, 1.807) is 0 Å². The van der Waals surface area contributed by atoms with Gasteiger partial charge in [-0.3, -0.25) is 0 Å². The highest BCUT2D eigenvalue weighted by atomic mass is 16.5. The maximum absolute atomic E-state index is 7.47. The molecule has 0 spiro atoms. The molecule has 362 valence electrons. The molecule has 0 fully saturated rings. The van der Waals surface area contributed by atoms with Gasteiger partial charge in [-0.15, -0.1) is 0 Å². The molecule has 0 radical (unpaired) electrons. The van der Waals surface area contributed by atoms with Crippen LogP contribution in [0, 0.1) is 0 Å². The van der Waals surface area contributed by atoms with Crippen molar-refractivity contribution < 1.29 is 13.6 Å². The Bertz CT molecular complexity index is 4860. The minimum atomic E-state index is -0.160. The van der Waals surface area contributed by atoms with E-state index in [2.05, 4.69) is 246 Å². The van der Waals surface area contributed by atoms with E-state index in [-0.39, 0.29) is 6.71 Å². The SMILES string of the molecule is c1ccc(-c2cc(-c3ccccc3)cc(N3c4cc(-c5ccc6oc7ccccc7c6c5)ccc4B4c5ccc(-c6ccc7oc8ccccc8c7c6)cc5Oc5cc(-n6c7ccccc7c7ccccc76)cc3c54)c2)cc1. The highest BCUT2D eigenvalue weighted by Gasteiger charge is 2.43. The van der Waals surface area contributed by atoms with E-state index in [9.17, 15) is 0 Å². The molecular formula is C72H43BN2O3. The Morgan fingerprint density at radius 1 is 0.282 bits per heavy atom. The molecule has 0 saturated carbocycles. The molecule has 2 aliphatic heterocycles. The van der Waals surface area contributed by atoms with Crippen molar-refractivity contribution in [3.05, 3.63) is 261 Å². The zero-order valence-corrected chi connectivity index (χ0v) is 42.0. The fraction of sp³-hybridized carbons (Fsp3) is 0. The Morgan fingerprint density at radius 3 is 1.37 bits per heavy atom. The fourth-order valence-electron chi connectivity index (χ4n) is 12.8. The number of fused-ring (bicyclic) bond motifs is 13. The number of ether oxygens (including phenoxy) is 1. The Balaban J connectivity index is 0.946.